The van der Waals surface area contributed by atoms with Crippen molar-refractivity contribution < 1.29 is 63.1 Å². The van der Waals surface area contributed by atoms with E-state index in [2.05, 4.69) is 32.1 Å². The van der Waals surface area contributed by atoms with Crippen LogP contribution in [0.5, 0.6) is 0 Å². The van der Waals surface area contributed by atoms with Crippen molar-refractivity contribution in [3.8, 4) is 0 Å². The van der Waals surface area contributed by atoms with E-state index in [0.717, 1.165) is 64.2 Å². The first-order valence-electron chi connectivity index (χ1n) is 20.8. The highest BCUT2D eigenvalue weighted by Gasteiger charge is 2.51. The third kappa shape index (κ3) is 27.1. The van der Waals surface area contributed by atoms with Crippen LogP contribution in [-0.2, 0) is 32.7 Å². The van der Waals surface area contributed by atoms with Crippen molar-refractivity contribution in [1.29, 1.82) is 0 Å². The van der Waals surface area contributed by atoms with Crippen LogP contribution < -0.4 is 0 Å². The normalized spacial score (nSPS) is 23.5. The number of phosphoric ester groups is 1. The van der Waals surface area contributed by atoms with Crippen molar-refractivity contribution in [2.75, 3.05) is 13.2 Å². The van der Waals surface area contributed by atoms with Crippen LogP contribution in [0, 0.1) is 0 Å². The Morgan fingerprint density at radius 3 is 1.41 bits per heavy atom. The molecule has 0 aromatic heterocycles. The number of aliphatic hydroxyl groups excluding tert-OH is 5. The lowest BCUT2D eigenvalue weighted by Crippen LogP contribution is -2.64. The zero-order valence-electron chi connectivity index (χ0n) is 34.7. The quantitative estimate of drug-likeness (QED) is 0.0176. The number of aliphatic hydroxyl groups is 5. The first-order chi connectivity index (χ1) is 28.4. The minimum absolute atomic E-state index is 0.0554. The summed E-state index contributed by atoms with van der Waals surface area (Å²) in [5.41, 5.74) is 0. The van der Waals surface area contributed by atoms with E-state index in [1.165, 1.54) is 0 Å². The molecule has 7 unspecified atom stereocenters. The molecule has 0 aromatic carbocycles. The molecule has 0 heterocycles. The van der Waals surface area contributed by atoms with Crippen LogP contribution in [0.1, 0.15) is 104 Å². The molecule has 0 spiro atoms. The molecule has 332 valence electrons. The fourth-order valence-electron chi connectivity index (χ4n) is 5.49. The highest BCUT2D eigenvalue weighted by Crippen LogP contribution is 2.47. The van der Waals surface area contributed by atoms with Crippen molar-refractivity contribution in [2.24, 2.45) is 0 Å². The van der Waals surface area contributed by atoms with Gasteiger partial charge in [-0.15, -0.1) is 0 Å². The highest BCUT2D eigenvalue weighted by molar-refractivity contribution is 7.47. The number of phosphoric acid groups is 1. The van der Waals surface area contributed by atoms with E-state index in [-0.39, 0.29) is 12.8 Å². The highest BCUT2D eigenvalue weighted by atomic mass is 31.2. The van der Waals surface area contributed by atoms with E-state index >= 15 is 0 Å². The van der Waals surface area contributed by atoms with Crippen LogP contribution in [0.25, 0.3) is 0 Å². The molecular formula is C45H69O13P. The molecule has 1 fully saturated rings. The number of ether oxygens (including phenoxy) is 2. The van der Waals surface area contributed by atoms with Gasteiger partial charge in [-0.1, -0.05) is 149 Å². The van der Waals surface area contributed by atoms with Gasteiger partial charge in [0.2, 0.25) is 0 Å². The van der Waals surface area contributed by atoms with E-state index in [0.29, 0.717) is 12.8 Å². The largest absolute Gasteiger partial charge is 0.472 e. The Kier molecular flexibility index (Phi) is 31.1. The molecule has 1 rings (SSSR count). The molecule has 1 aliphatic carbocycles. The van der Waals surface area contributed by atoms with Crippen molar-refractivity contribution in [3.05, 3.63) is 109 Å². The van der Waals surface area contributed by atoms with Gasteiger partial charge in [-0.05, 0) is 51.4 Å². The fraction of sp³-hybridized carbons (Fsp3) is 0.556. The summed E-state index contributed by atoms with van der Waals surface area (Å²) in [4.78, 5) is 35.6. The third-order valence-corrected chi connectivity index (χ3v) is 9.82. The van der Waals surface area contributed by atoms with Crippen LogP contribution >= 0.6 is 7.82 Å². The maximum Gasteiger partial charge on any atom is 0.472 e. The third-order valence-electron chi connectivity index (χ3n) is 8.83. The summed E-state index contributed by atoms with van der Waals surface area (Å²) >= 11 is 0. The molecule has 14 heteroatoms. The molecule has 13 nitrogen and oxygen atoms in total. The predicted molar refractivity (Wildman–Crippen MR) is 230 cm³/mol. The molecule has 0 saturated heterocycles. The molecule has 1 aliphatic rings. The average Bonchev–Trinajstić information content (AvgIpc) is 3.21. The molecule has 0 aromatic rings. The summed E-state index contributed by atoms with van der Waals surface area (Å²) in [7, 11) is -5.14. The summed E-state index contributed by atoms with van der Waals surface area (Å²) in [6.07, 6.45) is 32.9. The van der Waals surface area contributed by atoms with Crippen molar-refractivity contribution in [2.45, 2.75) is 146 Å². The Labute approximate surface area is 351 Å². The summed E-state index contributed by atoms with van der Waals surface area (Å²) in [5.74, 6) is -1.19. The lowest BCUT2D eigenvalue weighted by atomic mass is 9.85. The lowest BCUT2D eigenvalue weighted by molar-refractivity contribution is -0.220. The van der Waals surface area contributed by atoms with Crippen LogP contribution in [0.4, 0.5) is 0 Å². The van der Waals surface area contributed by atoms with Gasteiger partial charge < -0.3 is 39.9 Å². The van der Waals surface area contributed by atoms with Crippen molar-refractivity contribution in [1.82, 2.24) is 0 Å². The maximum absolute atomic E-state index is 12.8. The first-order valence-corrected chi connectivity index (χ1v) is 22.3. The number of allylic oxidation sites excluding steroid dienone is 18. The Hall–Kier alpha value is -3.49. The zero-order valence-corrected chi connectivity index (χ0v) is 35.6. The molecular weight excluding hydrogens is 779 g/mol. The van der Waals surface area contributed by atoms with Gasteiger partial charge in [-0.2, -0.15) is 0 Å². The van der Waals surface area contributed by atoms with Gasteiger partial charge in [-0.25, -0.2) is 4.57 Å². The zero-order chi connectivity index (χ0) is 43.6. The van der Waals surface area contributed by atoms with E-state index < -0.39 is 75.7 Å². The second kappa shape index (κ2) is 34.2. The van der Waals surface area contributed by atoms with Gasteiger partial charge in [0.15, 0.2) is 6.10 Å². The van der Waals surface area contributed by atoms with Crippen LogP contribution in [0.15, 0.2) is 109 Å². The smallest absolute Gasteiger partial charge is 0.462 e. The number of hydrogen-bond acceptors (Lipinski definition) is 12. The van der Waals surface area contributed by atoms with E-state index in [1.54, 1.807) is 0 Å². The number of esters is 2. The van der Waals surface area contributed by atoms with Gasteiger partial charge in [0.25, 0.3) is 0 Å². The molecule has 0 radical (unpaired) electrons. The monoisotopic (exact) mass is 848 g/mol. The molecule has 0 bridgehead atoms. The maximum atomic E-state index is 12.8. The van der Waals surface area contributed by atoms with Crippen LogP contribution in [0.3, 0.4) is 0 Å². The molecule has 0 amide bonds. The van der Waals surface area contributed by atoms with Crippen molar-refractivity contribution >= 4 is 19.8 Å². The van der Waals surface area contributed by atoms with Crippen LogP contribution in [0.2, 0.25) is 0 Å². The predicted octanol–water partition coefficient (Wildman–Crippen LogP) is 7.27. The lowest BCUT2D eigenvalue weighted by Gasteiger charge is -2.41. The molecule has 8 atom stereocenters. The molecule has 1 saturated carbocycles. The first kappa shape index (κ1) is 53.5. The number of carbonyl (C=O) groups is 2. The van der Waals surface area contributed by atoms with E-state index in [4.69, 9.17) is 18.5 Å². The SMILES string of the molecule is CC/C=C/C=C/C=C/C=C/C=C/C=C/CCCCCC(=O)OCC(COP(=O)(O)OC1C(O)C(O)C(O)[C@H](O)C1O)OC(=O)CCCCCCC/C=C/C=C/C=C/CC. The fourth-order valence-corrected chi connectivity index (χ4v) is 6.47. The topological polar surface area (TPSA) is 210 Å². The summed E-state index contributed by atoms with van der Waals surface area (Å²) in [5, 5.41) is 50.0. The number of carbonyl (C=O) groups excluding carboxylic acids is 2. The number of rotatable bonds is 31. The second-order valence-corrected chi connectivity index (χ2v) is 15.3. The average molecular weight is 849 g/mol. The van der Waals surface area contributed by atoms with Gasteiger partial charge in [-0.3, -0.25) is 18.6 Å². The van der Waals surface area contributed by atoms with Crippen molar-refractivity contribution in [3.63, 3.8) is 0 Å². The number of hydrogen-bond donors (Lipinski definition) is 6. The molecule has 59 heavy (non-hydrogen) atoms. The van der Waals surface area contributed by atoms with Crippen LogP contribution in [-0.4, -0.2) is 98.3 Å². The van der Waals surface area contributed by atoms with E-state index in [9.17, 15) is 44.6 Å². The molecule has 6 N–H and O–H groups in total. The summed E-state index contributed by atoms with van der Waals surface area (Å²) in [6.45, 7) is 2.92. The van der Waals surface area contributed by atoms with Gasteiger partial charge >= 0.3 is 19.8 Å². The standard InChI is InChI=1S/C45H69O13P/c1-3-5-7-9-11-13-15-17-18-19-20-22-23-25-27-29-31-33-38(46)55-35-37(36-56-59(53,54)58-45-43(51)41(49)40(48)42(50)44(45)52)57-39(47)34-32-30-28-26-24-21-16-14-12-10-8-6-4-2/h5-20,22-23,37,40-45,48-52H,3-4,21,24-36H2,1-2H3,(H,53,54)/b7-5+,8-6+,11-9+,12-10+,15-13+,16-14+,18-17+,20-19+,23-22+/t37?,40?,41-,42?,43?,44?,45?/m0/s1. The summed E-state index contributed by atoms with van der Waals surface area (Å²) < 4.78 is 33.4. The Morgan fingerprint density at radius 1 is 0.525 bits per heavy atom. The Bertz CT molecular complexity index is 1440. The summed E-state index contributed by atoms with van der Waals surface area (Å²) in [6, 6.07) is 0. The van der Waals surface area contributed by atoms with Gasteiger partial charge in [0.05, 0.1) is 6.61 Å². The van der Waals surface area contributed by atoms with Gasteiger partial charge in [0, 0.05) is 12.8 Å². The Morgan fingerprint density at radius 2 is 0.915 bits per heavy atom. The second-order valence-electron chi connectivity index (χ2n) is 13.9. The minimum Gasteiger partial charge on any atom is -0.462 e. The van der Waals surface area contributed by atoms with E-state index in [1.807, 2.05) is 91.1 Å². The minimum atomic E-state index is -5.14. The Balaban J connectivity index is 2.57. The number of unbranched alkanes of at least 4 members (excludes halogenated alkanes) is 8. The molecule has 0 aliphatic heterocycles. The van der Waals surface area contributed by atoms with Gasteiger partial charge in [0.1, 0.15) is 43.2 Å².